The van der Waals surface area contributed by atoms with Crippen LogP contribution in [0.5, 0.6) is 0 Å². The number of methoxy groups -OCH3 is 1. The molecule has 7 unspecified atom stereocenters. The predicted molar refractivity (Wildman–Crippen MR) is 115 cm³/mol. The average Bonchev–Trinajstić information content (AvgIpc) is 3.19. The quantitative estimate of drug-likeness (QED) is 0.767. The summed E-state index contributed by atoms with van der Waals surface area (Å²) in [7, 11) is 3.64. The number of halogens is 1. The van der Waals surface area contributed by atoms with Crippen molar-refractivity contribution in [3.63, 3.8) is 0 Å². The molecule has 2 heterocycles. The Kier molecular flexibility index (Phi) is 6.05. The molecule has 0 aromatic heterocycles. The van der Waals surface area contributed by atoms with Crippen molar-refractivity contribution in [2.45, 2.75) is 49.5 Å². The van der Waals surface area contributed by atoms with Crippen molar-refractivity contribution < 1.29 is 13.9 Å². The summed E-state index contributed by atoms with van der Waals surface area (Å²) < 4.78 is 21.0. The van der Waals surface area contributed by atoms with E-state index in [0.717, 1.165) is 24.1 Å². The minimum absolute atomic E-state index is 0.0147. The Morgan fingerprint density at radius 2 is 2.21 bits per heavy atom. The molecule has 1 aliphatic carbocycles. The van der Waals surface area contributed by atoms with E-state index < -0.39 is 0 Å². The second kappa shape index (κ2) is 8.40. The second-order valence-corrected chi connectivity index (χ2v) is 9.88. The number of carbonyl (C=O) groups excluding carboxylic acids is 1. The number of hydrogen-bond donors (Lipinski definition) is 2. The third-order valence-corrected chi connectivity index (χ3v) is 8.22. The lowest BCUT2D eigenvalue weighted by atomic mass is 9.60. The Balaban J connectivity index is 1.73. The van der Waals surface area contributed by atoms with Gasteiger partial charge in [-0.15, -0.1) is 11.8 Å². The molecule has 0 radical (unpaired) electrons. The maximum atomic E-state index is 15.1. The number of carbonyl (C=O) groups is 1. The van der Waals surface area contributed by atoms with Crippen LogP contribution in [0.15, 0.2) is 29.7 Å². The van der Waals surface area contributed by atoms with Gasteiger partial charge in [0.05, 0.1) is 11.4 Å². The Morgan fingerprint density at radius 3 is 2.90 bits per heavy atom. The Bertz CT molecular complexity index is 801. The van der Waals surface area contributed by atoms with E-state index in [9.17, 15) is 4.79 Å². The fourth-order valence-corrected chi connectivity index (χ4v) is 6.79. The van der Waals surface area contributed by atoms with E-state index in [4.69, 9.17) is 4.74 Å². The maximum absolute atomic E-state index is 15.1. The number of allylic oxidation sites excluding steroid dienone is 1. The van der Waals surface area contributed by atoms with Crippen LogP contribution in [-0.2, 0) is 9.53 Å². The topological polar surface area (TPSA) is 50.4 Å². The Labute approximate surface area is 177 Å². The summed E-state index contributed by atoms with van der Waals surface area (Å²) in [6.45, 7) is 4.96. The van der Waals surface area contributed by atoms with Gasteiger partial charge in [-0.3, -0.25) is 4.79 Å². The van der Waals surface area contributed by atoms with E-state index in [1.54, 1.807) is 24.9 Å². The monoisotopic (exact) mass is 418 g/mol. The van der Waals surface area contributed by atoms with Crippen molar-refractivity contribution in [1.29, 1.82) is 0 Å². The first-order chi connectivity index (χ1) is 14.0. The summed E-state index contributed by atoms with van der Waals surface area (Å²) in [6.07, 6.45) is 3.06. The van der Waals surface area contributed by atoms with Crippen LogP contribution in [0, 0.1) is 23.6 Å². The van der Waals surface area contributed by atoms with Crippen molar-refractivity contribution in [2.75, 3.05) is 20.7 Å². The predicted octanol–water partition coefficient (Wildman–Crippen LogP) is 3.65. The molecular formula is C23H31FN2O2S. The van der Waals surface area contributed by atoms with Crippen LogP contribution in [0.4, 0.5) is 4.39 Å². The summed E-state index contributed by atoms with van der Waals surface area (Å²) >= 11 is 1.60. The van der Waals surface area contributed by atoms with Crippen LogP contribution in [0.3, 0.4) is 0 Å². The molecule has 0 bridgehead atoms. The first-order valence-corrected chi connectivity index (χ1v) is 11.5. The van der Waals surface area contributed by atoms with E-state index in [0.29, 0.717) is 5.92 Å². The lowest BCUT2D eigenvalue weighted by Crippen LogP contribution is -2.62. The van der Waals surface area contributed by atoms with Gasteiger partial charge in [-0.25, -0.2) is 4.39 Å². The highest BCUT2D eigenvalue weighted by Crippen LogP contribution is 2.52. The molecule has 1 amide bonds. The fourth-order valence-electron chi connectivity index (χ4n) is 5.70. The van der Waals surface area contributed by atoms with Gasteiger partial charge in [-0.2, -0.15) is 0 Å². The van der Waals surface area contributed by atoms with Gasteiger partial charge >= 0.3 is 0 Å². The van der Waals surface area contributed by atoms with Crippen LogP contribution in [-0.4, -0.2) is 44.0 Å². The zero-order valence-corrected chi connectivity index (χ0v) is 18.3. The minimum Gasteiger partial charge on any atom is -0.381 e. The van der Waals surface area contributed by atoms with Crippen molar-refractivity contribution in [2.24, 2.45) is 17.8 Å². The third kappa shape index (κ3) is 3.64. The van der Waals surface area contributed by atoms with E-state index >= 15 is 4.39 Å². The fraction of sp³-hybridized carbons (Fsp3) is 0.609. The molecule has 3 aliphatic rings. The number of likely N-dealkylation sites (N-methyl/N-ethyl adjacent to an activating group) is 1. The summed E-state index contributed by atoms with van der Waals surface area (Å²) in [4.78, 5) is 12.6. The van der Waals surface area contributed by atoms with Gasteiger partial charge in [-0.1, -0.05) is 32.1 Å². The van der Waals surface area contributed by atoms with Crippen molar-refractivity contribution in [3.05, 3.63) is 46.6 Å². The molecule has 29 heavy (non-hydrogen) atoms. The zero-order valence-electron chi connectivity index (χ0n) is 17.5. The summed E-state index contributed by atoms with van der Waals surface area (Å²) in [5.74, 6) is 0.843. The van der Waals surface area contributed by atoms with Gasteiger partial charge in [-0.05, 0) is 53.8 Å². The van der Waals surface area contributed by atoms with Crippen LogP contribution >= 0.6 is 11.8 Å². The zero-order chi connectivity index (χ0) is 20.7. The number of hydrogen-bond acceptors (Lipinski definition) is 4. The number of amides is 1. The van der Waals surface area contributed by atoms with Crippen molar-refractivity contribution >= 4 is 17.7 Å². The maximum Gasteiger partial charge on any atom is 0.234 e. The van der Waals surface area contributed by atoms with Crippen LogP contribution in [0.2, 0.25) is 0 Å². The van der Waals surface area contributed by atoms with E-state index in [2.05, 4.69) is 35.1 Å². The molecule has 2 fully saturated rings. The second-order valence-electron chi connectivity index (χ2n) is 8.83. The number of fused-ring (bicyclic) bond motifs is 3. The molecule has 1 saturated heterocycles. The number of benzene rings is 1. The lowest BCUT2D eigenvalue weighted by Gasteiger charge is -2.52. The first-order valence-electron chi connectivity index (χ1n) is 10.6. The third-order valence-electron chi connectivity index (χ3n) is 7.09. The van der Waals surface area contributed by atoms with Crippen molar-refractivity contribution in [1.82, 2.24) is 10.6 Å². The highest BCUT2D eigenvalue weighted by Gasteiger charge is 2.54. The normalized spacial score (nSPS) is 37.0. The molecule has 1 saturated carbocycles. The highest BCUT2D eigenvalue weighted by molar-refractivity contribution is 8.03. The van der Waals surface area contributed by atoms with Gasteiger partial charge in [0.1, 0.15) is 5.82 Å². The van der Waals surface area contributed by atoms with E-state index in [1.807, 2.05) is 20.0 Å². The molecule has 0 spiro atoms. The number of thioether (sulfide) groups is 1. The molecule has 1 aromatic rings. The average molecular weight is 419 g/mol. The standard InChI is InChI=1S/C23H31FN2O2S/c1-12-9-18(28-4)19(14-5-6-15(17(24)10-14)13(2)11-25-3)20-16-7-8-29-22(16)23(27)26-21(12)20/h5-8,10,12-13,16,18-22,25H,9,11H2,1-4H3,(H,26,27)/t12?,13-,16?,18?,19?,20?,21?,22?/m0/s1. The molecular weight excluding hydrogens is 387 g/mol. The smallest absolute Gasteiger partial charge is 0.234 e. The van der Waals surface area contributed by atoms with Crippen LogP contribution < -0.4 is 10.6 Å². The molecule has 4 nitrogen and oxygen atoms in total. The molecule has 2 aliphatic heterocycles. The van der Waals surface area contributed by atoms with Crippen LogP contribution in [0.25, 0.3) is 0 Å². The van der Waals surface area contributed by atoms with Gasteiger partial charge in [0, 0.05) is 31.5 Å². The van der Waals surface area contributed by atoms with Crippen LogP contribution in [0.1, 0.15) is 43.2 Å². The van der Waals surface area contributed by atoms with Crippen molar-refractivity contribution in [3.8, 4) is 0 Å². The molecule has 4 rings (SSSR count). The molecule has 2 N–H and O–H groups in total. The molecule has 1 aromatic carbocycles. The largest absolute Gasteiger partial charge is 0.381 e. The highest BCUT2D eigenvalue weighted by atomic mass is 32.2. The van der Waals surface area contributed by atoms with Gasteiger partial charge in [0.15, 0.2) is 0 Å². The summed E-state index contributed by atoms with van der Waals surface area (Å²) in [5.41, 5.74) is 1.72. The van der Waals surface area contributed by atoms with Gasteiger partial charge in [0.2, 0.25) is 5.91 Å². The Hall–Kier alpha value is -1.37. The SMILES string of the molecule is CNC[C@H](C)c1ccc(C2C(OC)CC(C)C3NC(=O)C4SC=CC4C32)cc1F. The minimum atomic E-state index is -0.150. The van der Waals surface area contributed by atoms with E-state index in [-0.39, 0.29) is 52.8 Å². The summed E-state index contributed by atoms with van der Waals surface area (Å²) in [6, 6.07) is 5.81. The number of rotatable bonds is 5. The number of ether oxygens (including phenoxy) is 1. The first kappa shape index (κ1) is 20.9. The number of piperidine rings is 1. The number of nitrogens with one attached hydrogen (secondary N) is 2. The van der Waals surface area contributed by atoms with Gasteiger partial charge in [0.25, 0.3) is 0 Å². The Morgan fingerprint density at radius 1 is 1.41 bits per heavy atom. The van der Waals surface area contributed by atoms with Gasteiger partial charge < -0.3 is 15.4 Å². The van der Waals surface area contributed by atoms with E-state index in [1.165, 1.54) is 0 Å². The lowest BCUT2D eigenvalue weighted by molar-refractivity contribution is -0.129. The molecule has 158 valence electrons. The molecule has 8 atom stereocenters. The summed E-state index contributed by atoms with van der Waals surface area (Å²) in [5, 5.41) is 8.38. The molecule has 6 heteroatoms.